The minimum atomic E-state index is -0.259. The highest BCUT2D eigenvalue weighted by Crippen LogP contribution is 2.20. The Bertz CT molecular complexity index is 727. The van der Waals surface area contributed by atoms with Crippen molar-refractivity contribution in [1.82, 2.24) is 10.2 Å². The van der Waals surface area contributed by atoms with Crippen LogP contribution < -0.4 is 5.32 Å². The first-order valence-electron chi connectivity index (χ1n) is 8.27. The van der Waals surface area contributed by atoms with E-state index in [0.717, 1.165) is 16.7 Å². The van der Waals surface area contributed by atoms with E-state index in [9.17, 15) is 9.59 Å². The van der Waals surface area contributed by atoms with E-state index in [2.05, 4.69) is 5.32 Å². The topological polar surface area (TPSA) is 49.4 Å². The number of aryl methyl sites for hydroxylation is 1. The second-order valence-electron chi connectivity index (χ2n) is 6.31. The fraction of sp³-hybridized carbons (Fsp3) is 0.300. The summed E-state index contributed by atoms with van der Waals surface area (Å²) >= 11 is 0. The van der Waals surface area contributed by atoms with E-state index in [-0.39, 0.29) is 17.7 Å². The van der Waals surface area contributed by atoms with Crippen molar-refractivity contribution in [2.75, 3.05) is 6.54 Å². The van der Waals surface area contributed by atoms with E-state index >= 15 is 0 Å². The van der Waals surface area contributed by atoms with Gasteiger partial charge in [0.2, 0.25) is 11.8 Å². The van der Waals surface area contributed by atoms with Gasteiger partial charge in [0, 0.05) is 26.1 Å². The molecule has 24 heavy (non-hydrogen) atoms. The van der Waals surface area contributed by atoms with Crippen LogP contribution in [0.15, 0.2) is 54.6 Å². The Labute approximate surface area is 142 Å². The van der Waals surface area contributed by atoms with Gasteiger partial charge < -0.3 is 10.2 Å². The summed E-state index contributed by atoms with van der Waals surface area (Å²) in [6, 6.07) is 17.9. The molecule has 0 aromatic heterocycles. The maximum absolute atomic E-state index is 12.4. The van der Waals surface area contributed by atoms with Crippen LogP contribution in [0.2, 0.25) is 0 Å². The maximum Gasteiger partial charge on any atom is 0.225 e. The van der Waals surface area contributed by atoms with E-state index in [1.54, 1.807) is 4.90 Å². The van der Waals surface area contributed by atoms with Crippen LogP contribution in [0.5, 0.6) is 0 Å². The van der Waals surface area contributed by atoms with Gasteiger partial charge in [0.25, 0.3) is 0 Å². The van der Waals surface area contributed by atoms with Gasteiger partial charge in [0.1, 0.15) is 0 Å². The molecule has 1 N–H and O–H groups in total. The van der Waals surface area contributed by atoms with Crippen LogP contribution in [0.3, 0.4) is 0 Å². The van der Waals surface area contributed by atoms with Gasteiger partial charge in [-0.3, -0.25) is 9.59 Å². The molecule has 2 aromatic rings. The second kappa shape index (κ2) is 7.30. The number of rotatable bonds is 5. The van der Waals surface area contributed by atoms with Crippen LogP contribution in [0.1, 0.15) is 23.1 Å². The third kappa shape index (κ3) is 3.82. The van der Waals surface area contributed by atoms with Crippen LogP contribution in [-0.2, 0) is 22.7 Å². The summed E-state index contributed by atoms with van der Waals surface area (Å²) in [6.45, 7) is 3.60. The summed E-state index contributed by atoms with van der Waals surface area (Å²) in [4.78, 5) is 26.3. The molecule has 2 aromatic carbocycles. The zero-order chi connectivity index (χ0) is 16.9. The van der Waals surface area contributed by atoms with Crippen molar-refractivity contribution in [3.8, 4) is 0 Å². The third-order valence-corrected chi connectivity index (χ3v) is 4.52. The lowest BCUT2D eigenvalue weighted by atomic mass is 10.1. The molecular formula is C20H22N2O2. The highest BCUT2D eigenvalue weighted by molar-refractivity contribution is 5.89. The zero-order valence-corrected chi connectivity index (χ0v) is 13.9. The average Bonchev–Trinajstić information content (AvgIpc) is 2.96. The first-order valence-corrected chi connectivity index (χ1v) is 8.27. The van der Waals surface area contributed by atoms with Crippen LogP contribution in [0, 0.1) is 12.8 Å². The molecule has 0 aliphatic carbocycles. The van der Waals surface area contributed by atoms with Crippen molar-refractivity contribution >= 4 is 11.8 Å². The van der Waals surface area contributed by atoms with Gasteiger partial charge in [0.05, 0.1) is 5.92 Å². The van der Waals surface area contributed by atoms with Crippen molar-refractivity contribution in [2.45, 2.75) is 26.4 Å². The van der Waals surface area contributed by atoms with E-state index < -0.39 is 0 Å². The molecule has 1 fully saturated rings. The molecule has 4 heteroatoms. The van der Waals surface area contributed by atoms with E-state index in [1.165, 1.54) is 0 Å². The Morgan fingerprint density at radius 1 is 1.12 bits per heavy atom. The summed E-state index contributed by atoms with van der Waals surface area (Å²) in [5, 5.41) is 2.97. The highest BCUT2D eigenvalue weighted by atomic mass is 16.2. The molecule has 0 radical (unpaired) electrons. The normalized spacial score (nSPS) is 17.1. The van der Waals surface area contributed by atoms with Crippen molar-refractivity contribution in [3.05, 3.63) is 71.3 Å². The lowest BCUT2D eigenvalue weighted by Crippen LogP contribution is -2.32. The molecule has 0 spiro atoms. The molecule has 1 aliphatic rings. The summed E-state index contributed by atoms with van der Waals surface area (Å²) in [5.74, 6) is -0.248. The molecule has 1 heterocycles. The quantitative estimate of drug-likeness (QED) is 0.920. The van der Waals surface area contributed by atoms with Crippen LogP contribution in [0.25, 0.3) is 0 Å². The highest BCUT2D eigenvalue weighted by Gasteiger charge is 2.34. The SMILES string of the molecule is Cc1ccccc1CNC(=O)C1CC(=O)N(Cc2ccccc2)C1. The maximum atomic E-state index is 12.4. The number of hydrogen-bond acceptors (Lipinski definition) is 2. The Morgan fingerprint density at radius 3 is 2.58 bits per heavy atom. The molecule has 0 saturated carbocycles. The smallest absolute Gasteiger partial charge is 0.225 e. The van der Waals surface area contributed by atoms with Gasteiger partial charge >= 0.3 is 0 Å². The Balaban J connectivity index is 1.55. The zero-order valence-electron chi connectivity index (χ0n) is 13.9. The first kappa shape index (κ1) is 16.2. The molecule has 1 atom stereocenters. The molecule has 1 saturated heterocycles. The van der Waals surface area contributed by atoms with Gasteiger partial charge in [-0.1, -0.05) is 54.6 Å². The second-order valence-corrected chi connectivity index (χ2v) is 6.31. The van der Waals surface area contributed by atoms with Gasteiger partial charge in [0.15, 0.2) is 0 Å². The molecule has 1 aliphatic heterocycles. The number of benzene rings is 2. The van der Waals surface area contributed by atoms with Crippen LogP contribution in [-0.4, -0.2) is 23.3 Å². The lowest BCUT2D eigenvalue weighted by Gasteiger charge is -2.17. The van der Waals surface area contributed by atoms with Crippen LogP contribution >= 0.6 is 0 Å². The number of likely N-dealkylation sites (tertiary alicyclic amines) is 1. The van der Waals surface area contributed by atoms with Crippen molar-refractivity contribution in [1.29, 1.82) is 0 Å². The molecule has 3 rings (SSSR count). The Kier molecular flexibility index (Phi) is 4.94. The van der Waals surface area contributed by atoms with Gasteiger partial charge in [-0.05, 0) is 23.6 Å². The molecular weight excluding hydrogens is 300 g/mol. The monoisotopic (exact) mass is 322 g/mol. The largest absolute Gasteiger partial charge is 0.352 e. The molecule has 1 unspecified atom stereocenters. The van der Waals surface area contributed by atoms with Gasteiger partial charge in [-0.25, -0.2) is 0 Å². The molecule has 2 amide bonds. The summed E-state index contributed by atoms with van der Waals surface area (Å²) in [5.41, 5.74) is 3.36. The fourth-order valence-corrected chi connectivity index (χ4v) is 3.04. The minimum Gasteiger partial charge on any atom is -0.352 e. The molecule has 4 nitrogen and oxygen atoms in total. The van der Waals surface area contributed by atoms with E-state index in [1.807, 2.05) is 61.5 Å². The van der Waals surface area contributed by atoms with Gasteiger partial charge in [-0.15, -0.1) is 0 Å². The number of nitrogens with zero attached hydrogens (tertiary/aromatic N) is 1. The third-order valence-electron chi connectivity index (χ3n) is 4.52. The lowest BCUT2D eigenvalue weighted by molar-refractivity contribution is -0.129. The minimum absolute atomic E-state index is 0.0397. The fourth-order valence-electron chi connectivity index (χ4n) is 3.04. The molecule has 0 bridgehead atoms. The average molecular weight is 322 g/mol. The van der Waals surface area contributed by atoms with Crippen LogP contribution in [0.4, 0.5) is 0 Å². The standard InChI is InChI=1S/C20H22N2O2/c1-15-7-5-6-10-17(15)12-21-20(24)18-11-19(23)22(14-18)13-16-8-3-2-4-9-16/h2-10,18H,11-14H2,1H3,(H,21,24). The first-order chi connectivity index (χ1) is 11.6. The van der Waals surface area contributed by atoms with E-state index in [4.69, 9.17) is 0 Å². The Hall–Kier alpha value is -2.62. The molecule has 124 valence electrons. The van der Waals surface area contributed by atoms with E-state index in [0.29, 0.717) is 26.1 Å². The number of carbonyl (C=O) groups excluding carboxylic acids is 2. The number of amides is 2. The Morgan fingerprint density at radius 2 is 1.83 bits per heavy atom. The number of nitrogens with one attached hydrogen (secondary N) is 1. The van der Waals surface area contributed by atoms with Crippen molar-refractivity contribution in [2.24, 2.45) is 5.92 Å². The number of carbonyl (C=O) groups is 2. The predicted molar refractivity (Wildman–Crippen MR) is 93.0 cm³/mol. The summed E-state index contributed by atoms with van der Waals surface area (Å²) in [6.07, 6.45) is 0.298. The van der Waals surface area contributed by atoms with Crippen molar-refractivity contribution in [3.63, 3.8) is 0 Å². The number of hydrogen-bond donors (Lipinski definition) is 1. The predicted octanol–water partition coefficient (Wildman–Crippen LogP) is 2.66. The van der Waals surface area contributed by atoms with Crippen molar-refractivity contribution < 1.29 is 9.59 Å². The summed E-state index contributed by atoms with van der Waals surface area (Å²) in [7, 11) is 0. The van der Waals surface area contributed by atoms with Gasteiger partial charge in [-0.2, -0.15) is 0 Å². The summed E-state index contributed by atoms with van der Waals surface area (Å²) < 4.78 is 0.